The van der Waals surface area contributed by atoms with E-state index in [0.717, 1.165) is 0 Å². The zero-order valence-corrected chi connectivity index (χ0v) is 24.0. The minimum Gasteiger partial charge on any atom is -0.319 e. The van der Waals surface area contributed by atoms with Crippen molar-refractivity contribution in [1.82, 2.24) is 0 Å². The molecule has 1 rings (SSSR count). The minimum absolute atomic E-state index is 0.618. The van der Waals surface area contributed by atoms with Crippen molar-refractivity contribution < 1.29 is 4.48 Å². The van der Waals surface area contributed by atoms with E-state index in [0.29, 0.717) is 5.54 Å². The van der Waals surface area contributed by atoms with Crippen molar-refractivity contribution in [3.8, 4) is 0 Å². The molecule has 0 aromatic carbocycles. The van der Waals surface area contributed by atoms with Gasteiger partial charge in [-0.1, -0.05) is 117 Å². The number of hydrogen-bond acceptors (Lipinski definition) is 0. The van der Waals surface area contributed by atoms with E-state index in [1.807, 2.05) is 0 Å². The molecule has 0 aromatic heterocycles. The lowest BCUT2D eigenvalue weighted by Crippen LogP contribution is -2.65. The number of unbranched alkanes of at least 4 members (excludes halogenated alkanes) is 16. The van der Waals surface area contributed by atoms with E-state index < -0.39 is 0 Å². The standard InChI is InChI=1S/C32H66N/c1-5-9-11-12-13-14-15-16-17-18-19-20-21-22-23-27-31-33(7-3,8-4)32(28-10-6-2)29-25-24-26-30-32/h5-31H2,1-4H3/q+1. The summed E-state index contributed by atoms with van der Waals surface area (Å²) in [5, 5.41) is 0. The van der Waals surface area contributed by atoms with E-state index in [-0.39, 0.29) is 0 Å². The third kappa shape index (κ3) is 12.0. The summed E-state index contributed by atoms with van der Waals surface area (Å²) in [5.74, 6) is 0. The molecule has 198 valence electrons. The van der Waals surface area contributed by atoms with Gasteiger partial charge in [0.15, 0.2) is 0 Å². The van der Waals surface area contributed by atoms with Crippen LogP contribution in [-0.2, 0) is 0 Å². The molecule has 0 saturated heterocycles. The highest BCUT2D eigenvalue weighted by Crippen LogP contribution is 2.43. The van der Waals surface area contributed by atoms with Crippen LogP contribution in [0.4, 0.5) is 0 Å². The maximum absolute atomic E-state index is 2.50. The third-order valence-electron chi connectivity index (χ3n) is 9.44. The van der Waals surface area contributed by atoms with E-state index >= 15 is 0 Å². The molecular weight excluding hydrogens is 398 g/mol. The highest BCUT2D eigenvalue weighted by Gasteiger charge is 2.48. The lowest BCUT2D eigenvalue weighted by Gasteiger charge is -2.55. The third-order valence-corrected chi connectivity index (χ3v) is 9.44. The van der Waals surface area contributed by atoms with E-state index in [1.54, 1.807) is 0 Å². The van der Waals surface area contributed by atoms with Gasteiger partial charge in [0.05, 0.1) is 25.2 Å². The molecule has 0 amide bonds. The van der Waals surface area contributed by atoms with Gasteiger partial charge in [-0.25, -0.2) is 0 Å². The van der Waals surface area contributed by atoms with Crippen LogP contribution in [0.25, 0.3) is 0 Å². The molecule has 1 aliphatic carbocycles. The Morgan fingerprint density at radius 2 is 0.848 bits per heavy atom. The predicted molar refractivity (Wildman–Crippen MR) is 151 cm³/mol. The fourth-order valence-electron chi connectivity index (χ4n) is 7.09. The largest absolute Gasteiger partial charge is 0.319 e. The molecule has 0 aliphatic heterocycles. The Kier molecular flexibility index (Phi) is 19.0. The first-order chi connectivity index (χ1) is 16.2. The van der Waals surface area contributed by atoms with E-state index in [9.17, 15) is 0 Å². The van der Waals surface area contributed by atoms with E-state index in [2.05, 4.69) is 27.7 Å². The molecule has 0 aromatic rings. The van der Waals surface area contributed by atoms with Gasteiger partial charge in [0.25, 0.3) is 0 Å². The second kappa shape index (κ2) is 20.2. The van der Waals surface area contributed by atoms with Crippen LogP contribution in [0.2, 0.25) is 0 Å². The summed E-state index contributed by atoms with van der Waals surface area (Å²) in [5.41, 5.74) is 0.618. The van der Waals surface area contributed by atoms with Gasteiger partial charge in [0.2, 0.25) is 0 Å². The second-order valence-electron chi connectivity index (χ2n) is 11.7. The fourth-order valence-corrected chi connectivity index (χ4v) is 7.09. The summed E-state index contributed by atoms with van der Waals surface area (Å²) in [6.07, 6.45) is 35.3. The van der Waals surface area contributed by atoms with Gasteiger partial charge < -0.3 is 4.48 Å². The van der Waals surface area contributed by atoms with Crippen molar-refractivity contribution in [3.63, 3.8) is 0 Å². The Morgan fingerprint density at radius 3 is 1.24 bits per heavy atom. The Bertz CT molecular complexity index is 405. The van der Waals surface area contributed by atoms with Gasteiger partial charge in [-0.15, -0.1) is 0 Å². The van der Waals surface area contributed by atoms with Crippen LogP contribution in [0.1, 0.15) is 182 Å². The zero-order chi connectivity index (χ0) is 24.1. The average molecular weight is 465 g/mol. The minimum atomic E-state index is 0.618. The molecule has 1 nitrogen and oxygen atoms in total. The van der Waals surface area contributed by atoms with Crippen LogP contribution >= 0.6 is 0 Å². The van der Waals surface area contributed by atoms with E-state index in [1.165, 1.54) is 178 Å². The van der Waals surface area contributed by atoms with Crippen molar-refractivity contribution >= 4 is 0 Å². The molecule has 0 bridgehead atoms. The summed E-state index contributed by atoms with van der Waals surface area (Å²) in [6, 6.07) is 0. The Balaban J connectivity index is 2.13. The first kappa shape index (κ1) is 31.0. The number of nitrogens with zero attached hydrogens (tertiary/aromatic N) is 1. The zero-order valence-electron chi connectivity index (χ0n) is 24.0. The molecule has 1 fully saturated rings. The number of hydrogen-bond donors (Lipinski definition) is 0. The van der Waals surface area contributed by atoms with Gasteiger partial charge in [0, 0.05) is 19.3 Å². The molecule has 0 spiro atoms. The monoisotopic (exact) mass is 465 g/mol. The Morgan fingerprint density at radius 1 is 0.455 bits per heavy atom. The Hall–Kier alpha value is -0.0400. The van der Waals surface area contributed by atoms with Gasteiger partial charge >= 0.3 is 0 Å². The predicted octanol–water partition coefficient (Wildman–Crippen LogP) is 11.0. The normalized spacial score (nSPS) is 16.4. The van der Waals surface area contributed by atoms with Crippen molar-refractivity contribution in [1.29, 1.82) is 0 Å². The number of rotatable bonds is 23. The van der Waals surface area contributed by atoms with Gasteiger partial charge in [0.1, 0.15) is 0 Å². The molecule has 33 heavy (non-hydrogen) atoms. The summed E-state index contributed by atoms with van der Waals surface area (Å²) < 4.78 is 1.44. The van der Waals surface area contributed by atoms with Crippen LogP contribution < -0.4 is 0 Å². The molecule has 0 atom stereocenters. The van der Waals surface area contributed by atoms with Crippen LogP contribution in [0.5, 0.6) is 0 Å². The summed E-state index contributed by atoms with van der Waals surface area (Å²) in [7, 11) is 0. The maximum atomic E-state index is 2.50. The quantitative estimate of drug-likeness (QED) is 0.104. The second-order valence-corrected chi connectivity index (χ2v) is 11.7. The average Bonchev–Trinajstić information content (AvgIpc) is 2.85. The molecular formula is C32H66N+. The highest BCUT2D eigenvalue weighted by molar-refractivity contribution is 4.86. The maximum Gasteiger partial charge on any atom is 0.0992 e. The van der Waals surface area contributed by atoms with Gasteiger partial charge in [-0.2, -0.15) is 0 Å². The molecule has 1 saturated carbocycles. The molecule has 0 radical (unpaired) electrons. The lowest BCUT2D eigenvalue weighted by atomic mass is 9.74. The first-order valence-electron chi connectivity index (χ1n) is 16.1. The van der Waals surface area contributed by atoms with Crippen LogP contribution in [0.3, 0.4) is 0 Å². The fraction of sp³-hybridized carbons (Fsp3) is 1.00. The summed E-state index contributed by atoms with van der Waals surface area (Å²) in [6.45, 7) is 13.9. The SMILES string of the molecule is CCCCCCCCCCCCCCCCCC[N+](CC)(CC)C1(CCCC)CCCCC1. The number of quaternary nitrogens is 1. The van der Waals surface area contributed by atoms with Crippen molar-refractivity contribution in [2.24, 2.45) is 0 Å². The van der Waals surface area contributed by atoms with Gasteiger partial charge in [-0.05, 0) is 46.0 Å². The molecule has 1 heteroatoms. The van der Waals surface area contributed by atoms with Crippen molar-refractivity contribution in [3.05, 3.63) is 0 Å². The van der Waals surface area contributed by atoms with Crippen molar-refractivity contribution in [2.75, 3.05) is 19.6 Å². The molecule has 0 heterocycles. The first-order valence-corrected chi connectivity index (χ1v) is 16.1. The molecule has 0 unspecified atom stereocenters. The summed E-state index contributed by atoms with van der Waals surface area (Å²) >= 11 is 0. The summed E-state index contributed by atoms with van der Waals surface area (Å²) in [4.78, 5) is 0. The van der Waals surface area contributed by atoms with E-state index in [4.69, 9.17) is 0 Å². The smallest absolute Gasteiger partial charge is 0.0992 e. The molecule has 1 aliphatic rings. The van der Waals surface area contributed by atoms with Crippen molar-refractivity contribution in [2.45, 2.75) is 187 Å². The Labute approximate surface area is 211 Å². The van der Waals surface area contributed by atoms with Crippen LogP contribution in [-0.4, -0.2) is 29.7 Å². The van der Waals surface area contributed by atoms with Gasteiger partial charge in [-0.3, -0.25) is 0 Å². The highest BCUT2D eigenvalue weighted by atomic mass is 15.4. The van der Waals surface area contributed by atoms with Crippen LogP contribution in [0.15, 0.2) is 0 Å². The topological polar surface area (TPSA) is 0 Å². The van der Waals surface area contributed by atoms with Crippen LogP contribution in [0, 0.1) is 0 Å². The lowest BCUT2D eigenvalue weighted by molar-refractivity contribution is -0.976. The molecule has 0 N–H and O–H groups in total.